The van der Waals surface area contributed by atoms with Crippen LogP contribution in [0.3, 0.4) is 0 Å². The van der Waals surface area contributed by atoms with Gasteiger partial charge in [-0.05, 0) is 74.3 Å². The fourth-order valence-corrected chi connectivity index (χ4v) is 6.13. The Morgan fingerprint density at radius 3 is 2.51 bits per heavy atom. The minimum absolute atomic E-state index is 0.181. The van der Waals surface area contributed by atoms with E-state index in [2.05, 4.69) is 51.0 Å². The van der Waals surface area contributed by atoms with Crippen LogP contribution in [-0.4, -0.2) is 32.0 Å². The van der Waals surface area contributed by atoms with Crippen LogP contribution in [0.25, 0.3) is 11.3 Å². The zero-order valence-corrected chi connectivity index (χ0v) is 22.1. The lowest BCUT2D eigenvalue weighted by atomic mass is 9.95. The van der Waals surface area contributed by atoms with Crippen LogP contribution in [0.4, 0.5) is 5.69 Å². The van der Waals surface area contributed by atoms with Crippen LogP contribution >= 0.6 is 0 Å². The molecule has 37 heavy (non-hydrogen) atoms. The summed E-state index contributed by atoms with van der Waals surface area (Å²) in [5, 5.41) is 0. The summed E-state index contributed by atoms with van der Waals surface area (Å²) in [4.78, 5) is 6.23. The molecule has 2 heterocycles. The van der Waals surface area contributed by atoms with Crippen molar-refractivity contribution in [3.8, 4) is 17.0 Å². The van der Waals surface area contributed by atoms with Crippen molar-refractivity contribution in [3.05, 3.63) is 102 Å². The number of aromatic amines is 1. The van der Waals surface area contributed by atoms with Crippen molar-refractivity contribution in [2.24, 2.45) is 0 Å². The lowest BCUT2D eigenvalue weighted by molar-refractivity contribution is 0.139. The maximum Gasteiger partial charge on any atom is 0.261 e. The third-order valence-corrected chi connectivity index (χ3v) is 8.37. The summed E-state index contributed by atoms with van der Waals surface area (Å²) in [5.74, 6) is 0.614. The Hall–Kier alpha value is -3.55. The maximum absolute atomic E-state index is 13.1. The molecule has 5 rings (SSSR count). The predicted octanol–water partition coefficient (Wildman–Crippen LogP) is 6.53. The van der Waals surface area contributed by atoms with Gasteiger partial charge in [0.1, 0.15) is 5.75 Å². The number of piperidine rings is 1. The summed E-state index contributed by atoms with van der Waals surface area (Å²) < 4.78 is 34.5. The van der Waals surface area contributed by atoms with Gasteiger partial charge < -0.3 is 9.72 Å². The third kappa shape index (κ3) is 5.73. The Balaban J connectivity index is 1.39. The van der Waals surface area contributed by atoms with Crippen molar-refractivity contribution in [2.45, 2.75) is 43.7 Å². The Morgan fingerprint density at radius 1 is 0.973 bits per heavy atom. The van der Waals surface area contributed by atoms with Crippen molar-refractivity contribution in [3.63, 3.8) is 0 Å². The summed E-state index contributed by atoms with van der Waals surface area (Å²) >= 11 is 0. The third-order valence-electron chi connectivity index (χ3n) is 6.99. The topological polar surface area (TPSA) is 74.4 Å². The molecule has 0 saturated carbocycles. The first kappa shape index (κ1) is 25.1. The van der Waals surface area contributed by atoms with E-state index in [-0.39, 0.29) is 4.90 Å². The zero-order chi connectivity index (χ0) is 25.8. The number of likely N-dealkylation sites (tertiary alicyclic amines) is 1. The summed E-state index contributed by atoms with van der Waals surface area (Å²) in [6.45, 7) is 3.82. The van der Waals surface area contributed by atoms with E-state index in [1.807, 2.05) is 25.1 Å². The quantitative estimate of drug-likeness (QED) is 0.280. The molecule has 1 aliphatic heterocycles. The number of methoxy groups -OCH3 is 1. The van der Waals surface area contributed by atoms with Crippen molar-refractivity contribution in [1.82, 2.24) is 9.88 Å². The summed E-state index contributed by atoms with van der Waals surface area (Å²) in [5.41, 5.74) is 5.57. The van der Waals surface area contributed by atoms with Crippen LogP contribution < -0.4 is 9.46 Å². The number of nitrogens with zero attached hydrogens (tertiary/aromatic N) is 1. The number of sulfonamides is 1. The number of benzene rings is 3. The maximum atomic E-state index is 13.1. The molecule has 0 bridgehead atoms. The lowest BCUT2D eigenvalue weighted by Crippen LogP contribution is -2.33. The largest absolute Gasteiger partial charge is 0.496 e. The van der Waals surface area contributed by atoms with Crippen LogP contribution in [0.5, 0.6) is 5.75 Å². The molecule has 1 atom stereocenters. The lowest BCUT2D eigenvalue weighted by Gasteiger charge is -2.35. The monoisotopic (exact) mass is 515 g/mol. The second kappa shape index (κ2) is 10.8. The van der Waals surface area contributed by atoms with Gasteiger partial charge in [-0.1, -0.05) is 54.4 Å². The zero-order valence-electron chi connectivity index (χ0n) is 21.3. The number of ether oxygens (including phenoxy) is 1. The highest BCUT2D eigenvalue weighted by molar-refractivity contribution is 7.92. The molecule has 1 fully saturated rings. The van der Waals surface area contributed by atoms with Gasteiger partial charge in [0.25, 0.3) is 10.0 Å². The highest BCUT2D eigenvalue weighted by Gasteiger charge is 2.24. The molecule has 3 aromatic carbocycles. The molecule has 7 heteroatoms. The molecule has 1 unspecified atom stereocenters. The van der Waals surface area contributed by atoms with Gasteiger partial charge in [0.2, 0.25) is 0 Å². The molecule has 0 amide bonds. The van der Waals surface area contributed by atoms with Crippen molar-refractivity contribution in [1.29, 1.82) is 0 Å². The predicted molar refractivity (Wildman–Crippen MR) is 148 cm³/mol. The molecule has 0 aliphatic carbocycles. The van der Waals surface area contributed by atoms with E-state index in [1.54, 1.807) is 37.4 Å². The van der Waals surface area contributed by atoms with Crippen molar-refractivity contribution in [2.75, 3.05) is 18.4 Å². The normalized spacial score (nSPS) is 16.4. The van der Waals surface area contributed by atoms with Crippen LogP contribution in [0.2, 0.25) is 0 Å². The first-order valence-corrected chi connectivity index (χ1v) is 14.2. The number of hydrogen-bond donors (Lipinski definition) is 2. The summed E-state index contributed by atoms with van der Waals surface area (Å²) in [7, 11) is -2.17. The van der Waals surface area contributed by atoms with Crippen LogP contribution in [-0.2, 0) is 16.6 Å². The van der Waals surface area contributed by atoms with E-state index in [0.717, 1.165) is 36.5 Å². The molecule has 1 saturated heterocycles. The number of aryl methyl sites for hydroxylation is 1. The first-order valence-electron chi connectivity index (χ1n) is 12.7. The van der Waals surface area contributed by atoms with Gasteiger partial charge in [-0.15, -0.1) is 0 Å². The van der Waals surface area contributed by atoms with E-state index in [1.165, 1.54) is 18.4 Å². The molecule has 2 N–H and O–H groups in total. The number of hydrogen-bond acceptors (Lipinski definition) is 4. The van der Waals surface area contributed by atoms with Gasteiger partial charge in [0.05, 0.1) is 12.0 Å². The Labute approximate surface area is 219 Å². The number of aromatic nitrogens is 1. The molecule has 0 radical (unpaired) electrons. The van der Waals surface area contributed by atoms with Gasteiger partial charge in [0.15, 0.2) is 0 Å². The minimum Gasteiger partial charge on any atom is -0.496 e. The van der Waals surface area contributed by atoms with E-state index in [4.69, 9.17) is 4.74 Å². The minimum atomic E-state index is -3.76. The Kier molecular flexibility index (Phi) is 7.35. The highest BCUT2D eigenvalue weighted by Crippen LogP contribution is 2.35. The van der Waals surface area contributed by atoms with Gasteiger partial charge in [-0.3, -0.25) is 9.62 Å². The molecular formula is C30H33N3O3S. The fourth-order valence-electron chi connectivity index (χ4n) is 5.04. The number of H-pyrrole nitrogens is 1. The van der Waals surface area contributed by atoms with E-state index in [0.29, 0.717) is 23.0 Å². The Morgan fingerprint density at radius 2 is 1.76 bits per heavy atom. The van der Waals surface area contributed by atoms with E-state index >= 15 is 0 Å². The van der Waals surface area contributed by atoms with Crippen molar-refractivity contribution < 1.29 is 13.2 Å². The van der Waals surface area contributed by atoms with Gasteiger partial charge in [-0.25, -0.2) is 8.42 Å². The molecule has 4 aromatic rings. The summed E-state index contributed by atoms with van der Waals surface area (Å²) in [6, 6.07) is 27.4. The SMILES string of the molecule is COc1ccc(S(=O)(=O)Nc2ccc(C)cc2)cc1-c1ccc(CN2CCCCC2c2ccccc2)[nH]1. The van der Waals surface area contributed by atoms with Crippen LogP contribution in [0, 0.1) is 6.92 Å². The molecule has 6 nitrogen and oxygen atoms in total. The smallest absolute Gasteiger partial charge is 0.261 e. The molecule has 192 valence electrons. The van der Waals surface area contributed by atoms with Crippen LogP contribution in [0.1, 0.15) is 42.1 Å². The molecule has 1 aromatic heterocycles. The summed E-state index contributed by atoms with van der Waals surface area (Å²) in [6.07, 6.45) is 3.58. The standard InChI is InChI=1S/C30H33N3O3S/c1-22-11-13-24(14-12-22)32-37(34,35)26-16-18-30(36-2)27(20-26)28-17-15-25(31-28)21-33-19-7-6-10-29(33)23-8-4-3-5-9-23/h3-5,8-9,11-18,20,29,31-32H,6-7,10,19,21H2,1-2H3. The van der Waals surface area contributed by atoms with Gasteiger partial charge >= 0.3 is 0 Å². The van der Waals surface area contributed by atoms with Gasteiger partial charge in [0, 0.05) is 35.2 Å². The highest BCUT2D eigenvalue weighted by atomic mass is 32.2. The molecule has 0 spiro atoms. The number of anilines is 1. The first-order chi connectivity index (χ1) is 17.9. The van der Waals surface area contributed by atoms with E-state index < -0.39 is 10.0 Å². The second-order valence-electron chi connectivity index (χ2n) is 9.62. The average molecular weight is 516 g/mol. The van der Waals surface area contributed by atoms with Crippen LogP contribution in [0.15, 0.2) is 89.8 Å². The fraction of sp³-hybridized carbons (Fsp3) is 0.267. The number of nitrogens with one attached hydrogen (secondary N) is 2. The average Bonchev–Trinajstić information content (AvgIpc) is 3.38. The second-order valence-corrected chi connectivity index (χ2v) is 11.3. The van der Waals surface area contributed by atoms with Crippen molar-refractivity contribution >= 4 is 15.7 Å². The molecular weight excluding hydrogens is 482 g/mol. The molecule has 1 aliphatic rings. The van der Waals surface area contributed by atoms with E-state index in [9.17, 15) is 8.42 Å². The Bertz CT molecular complexity index is 1450. The van der Waals surface area contributed by atoms with Gasteiger partial charge in [-0.2, -0.15) is 0 Å². The number of rotatable bonds is 8.